The highest BCUT2D eigenvalue weighted by molar-refractivity contribution is 5.29. The molecule has 1 aromatic carbocycles. The number of halogens is 1. The second-order valence-electron chi connectivity index (χ2n) is 5.00. The quantitative estimate of drug-likeness (QED) is 0.887. The standard InChI is InChI=1S/C15H22FNO/c1-3-17-10-12-5-4-8-18-15(12)14-7-6-13(16)9-11(14)2/h6-7,9,12,15,17H,3-5,8,10H2,1-2H3. The first-order chi connectivity index (χ1) is 8.72. The van der Waals surface area contributed by atoms with Gasteiger partial charge in [0.25, 0.3) is 0 Å². The number of benzene rings is 1. The van der Waals surface area contributed by atoms with Crippen LogP contribution >= 0.6 is 0 Å². The molecule has 18 heavy (non-hydrogen) atoms. The molecule has 1 aliphatic rings. The van der Waals surface area contributed by atoms with Gasteiger partial charge in [0.05, 0.1) is 6.10 Å². The molecule has 2 rings (SSSR count). The van der Waals surface area contributed by atoms with Crippen LogP contribution in [0.3, 0.4) is 0 Å². The van der Waals surface area contributed by atoms with E-state index in [1.54, 1.807) is 6.07 Å². The molecule has 0 saturated carbocycles. The van der Waals surface area contributed by atoms with E-state index in [0.29, 0.717) is 5.92 Å². The van der Waals surface area contributed by atoms with Crippen molar-refractivity contribution in [3.63, 3.8) is 0 Å². The first kappa shape index (κ1) is 13.5. The van der Waals surface area contributed by atoms with Crippen LogP contribution in [0.5, 0.6) is 0 Å². The van der Waals surface area contributed by atoms with Gasteiger partial charge in [-0.05, 0) is 49.6 Å². The lowest BCUT2D eigenvalue weighted by Gasteiger charge is -2.33. The topological polar surface area (TPSA) is 21.3 Å². The molecule has 1 heterocycles. The van der Waals surface area contributed by atoms with Crippen LogP contribution in [-0.4, -0.2) is 19.7 Å². The van der Waals surface area contributed by atoms with Gasteiger partial charge >= 0.3 is 0 Å². The fourth-order valence-corrected chi connectivity index (χ4v) is 2.68. The summed E-state index contributed by atoms with van der Waals surface area (Å²) in [4.78, 5) is 0. The summed E-state index contributed by atoms with van der Waals surface area (Å²) in [6.07, 6.45) is 2.40. The minimum absolute atomic E-state index is 0.110. The molecule has 1 aromatic rings. The molecule has 0 bridgehead atoms. The summed E-state index contributed by atoms with van der Waals surface area (Å²) in [6, 6.07) is 5.00. The summed E-state index contributed by atoms with van der Waals surface area (Å²) in [7, 11) is 0. The van der Waals surface area contributed by atoms with Gasteiger partial charge in [-0.15, -0.1) is 0 Å². The highest BCUT2D eigenvalue weighted by Gasteiger charge is 2.28. The second kappa shape index (κ2) is 6.30. The Bertz CT molecular complexity index is 394. The normalized spacial score (nSPS) is 24.2. The number of nitrogens with one attached hydrogen (secondary N) is 1. The smallest absolute Gasteiger partial charge is 0.123 e. The molecule has 2 nitrogen and oxygen atoms in total. The monoisotopic (exact) mass is 251 g/mol. The highest BCUT2D eigenvalue weighted by Crippen LogP contribution is 2.34. The summed E-state index contributed by atoms with van der Waals surface area (Å²) in [5.74, 6) is 0.318. The number of ether oxygens (including phenoxy) is 1. The molecule has 1 N–H and O–H groups in total. The predicted molar refractivity (Wildman–Crippen MR) is 71.1 cm³/mol. The number of hydrogen-bond acceptors (Lipinski definition) is 2. The zero-order valence-corrected chi connectivity index (χ0v) is 11.2. The molecule has 0 aliphatic carbocycles. The van der Waals surface area contributed by atoms with E-state index in [2.05, 4.69) is 12.2 Å². The zero-order chi connectivity index (χ0) is 13.0. The Balaban J connectivity index is 2.16. The van der Waals surface area contributed by atoms with Crippen LogP contribution in [0.25, 0.3) is 0 Å². The van der Waals surface area contributed by atoms with Crippen molar-refractivity contribution in [3.8, 4) is 0 Å². The summed E-state index contributed by atoms with van der Waals surface area (Å²) < 4.78 is 19.1. The second-order valence-corrected chi connectivity index (χ2v) is 5.00. The maximum absolute atomic E-state index is 13.2. The Labute approximate surface area is 109 Å². The molecule has 0 aromatic heterocycles. The molecule has 0 radical (unpaired) electrons. The minimum atomic E-state index is -0.171. The first-order valence-corrected chi connectivity index (χ1v) is 6.80. The van der Waals surface area contributed by atoms with Gasteiger partial charge in [-0.25, -0.2) is 4.39 Å². The third kappa shape index (κ3) is 3.09. The van der Waals surface area contributed by atoms with E-state index in [4.69, 9.17) is 4.74 Å². The molecule has 0 amide bonds. The minimum Gasteiger partial charge on any atom is -0.373 e. The van der Waals surface area contributed by atoms with Gasteiger partial charge in [-0.2, -0.15) is 0 Å². The molecule has 1 aliphatic heterocycles. The van der Waals surface area contributed by atoms with Gasteiger partial charge in [0.2, 0.25) is 0 Å². The molecule has 1 fully saturated rings. The first-order valence-electron chi connectivity index (χ1n) is 6.80. The molecular formula is C15H22FNO. The lowest BCUT2D eigenvalue weighted by molar-refractivity contribution is -0.0279. The van der Waals surface area contributed by atoms with E-state index in [1.165, 1.54) is 12.5 Å². The van der Waals surface area contributed by atoms with E-state index in [0.717, 1.165) is 37.2 Å². The maximum Gasteiger partial charge on any atom is 0.123 e. The number of hydrogen-bond donors (Lipinski definition) is 1. The summed E-state index contributed by atoms with van der Waals surface area (Å²) >= 11 is 0. The van der Waals surface area contributed by atoms with E-state index in [9.17, 15) is 4.39 Å². The molecule has 2 atom stereocenters. The van der Waals surface area contributed by atoms with Gasteiger partial charge < -0.3 is 10.1 Å². The SMILES string of the molecule is CCNCC1CCCOC1c1ccc(F)cc1C. The van der Waals surface area contributed by atoms with Crippen LogP contribution in [0, 0.1) is 18.7 Å². The third-order valence-corrected chi connectivity index (χ3v) is 3.64. The Morgan fingerprint density at radius 3 is 3.00 bits per heavy atom. The van der Waals surface area contributed by atoms with Crippen molar-refractivity contribution >= 4 is 0 Å². The molecule has 0 spiro atoms. The van der Waals surface area contributed by atoms with Crippen molar-refractivity contribution in [2.24, 2.45) is 5.92 Å². The lowest BCUT2D eigenvalue weighted by Crippen LogP contribution is -2.32. The van der Waals surface area contributed by atoms with Gasteiger partial charge in [0.1, 0.15) is 5.82 Å². The molecule has 2 unspecified atom stereocenters. The van der Waals surface area contributed by atoms with Crippen LogP contribution in [0.4, 0.5) is 4.39 Å². The van der Waals surface area contributed by atoms with Crippen LogP contribution < -0.4 is 5.32 Å². The average Bonchev–Trinajstić information content (AvgIpc) is 2.37. The Morgan fingerprint density at radius 2 is 2.28 bits per heavy atom. The van der Waals surface area contributed by atoms with Crippen LogP contribution in [0.1, 0.15) is 37.0 Å². The highest BCUT2D eigenvalue weighted by atomic mass is 19.1. The van der Waals surface area contributed by atoms with Crippen molar-refractivity contribution in [2.45, 2.75) is 32.8 Å². The largest absolute Gasteiger partial charge is 0.373 e. The van der Waals surface area contributed by atoms with Gasteiger partial charge in [0, 0.05) is 19.1 Å². The van der Waals surface area contributed by atoms with Gasteiger partial charge in [0.15, 0.2) is 0 Å². The fraction of sp³-hybridized carbons (Fsp3) is 0.600. The van der Waals surface area contributed by atoms with E-state index >= 15 is 0 Å². The summed E-state index contributed by atoms with van der Waals surface area (Å²) in [5.41, 5.74) is 2.13. The molecule has 100 valence electrons. The molecule has 1 saturated heterocycles. The number of aryl methyl sites for hydroxylation is 1. The summed E-state index contributed by atoms with van der Waals surface area (Å²) in [6.45, 7) is 6.83. The number of rotatable bonds is 4. The van der Waals surface area contributed by atoms with Crippen molar-refractivity contribution in [1.29, 1.82) is 0 Å². The Hall–Kier alpha value is -0.930. The van der Waals surface area contributed by atoms with Crippen molar-refractivity contribution in [2.75, 3.05) is 19.7 Å². The van der Waals surface area contributed by atoms with Gasteiger partial charge in [-0.3, -0.25) is 0 Å². The van der Waals surface area contributed by atoms with E-state index < -0.39 is 0 Å². The lowest BCUT2D eigenvalue weighted by atomic mass is 9.87. The Morgan fingerprint density at radius 1 is 1.44 bits per heavy atom. The van der Waals surface area contributed by atoms with Crippen molar-refractivity contribution in [1.82, 2.24) is 5.32 Å². The van der Waals surface area contributed by atoms with Crippen molar-refractivity contribution < 1.29 is 9.13 Å². The third-order valence-electron chi connectivity index (χ3n) is 3.64. The zero-order valence-electron chi connectivity index (χ0n) is 11.2. The summed E-state index contributed by atoms with van der Waals surface area (Å²) in [5, 5.41) is 3.39. The van der Waals surface area contributed by atoms with Crippen LogP contribution in [0.2, 0.25) is 0 Å². The molecular weight excluding hydrogens is 229 g/mol. The molecule has 3 heteroatoms. The predicted octanol–water partition coefficient (Wildman–Crippen LogP) is 3.21. The van der Waals surface area contributed by atoms with E-state index in [-0.39, 0.29) is 11.9 Å². The Kier molecular flexibility index (Phi) is 4.72. The maximum atomic E-state index is 13.2. The van der Waals surface area contributed by atoms with Gasteiger partial charge in [-0.1, -0.05) is 13.0 Å². The van der Waals surface area contributed by atoms with Crippen LogP contribution in [-0.2, 0) is 4.74 Å². The average molecular weight is 251 g/mol. The van der Waals surface area contributed by atoms with E-state index in [1.807, 2.05) is 13.0 Å². The van der Waals surface area contributed by atoms with Crippen molar-refractivity contribution in [3.05, 3.63) is 35.1 Å². The van der Waals surface area contributed by atoms with Crippen LogP contribution in [0.15, 0.2) is 18.2 Å². The fourth-order valence-electron chi connectivity index (χ4n) is 2.68.